The number of methoxy groups -OCH3 is 1. The van der Waals surface area contributed by atoms with Crippen LogP contribution in [0.4, 0.5) is 11.4 Å². The van der Waals surface area contributed by atoms with Gasteiger partial charge < -0.3 is 19.7 Å². The van der Waals surface area contributed by atoms with Crippen molar-refractivity contribution in [2.24, 2.45) is 0 Å². The van der Waals surface area contributed by atoms with Crippen LogP contribution in [0.2, 0.25) is 0 Å². The number of amides is 2. The Hall–Kier alpha value is -3.13. The summed E-state index contributed by atoms with van der Waals surface area (Å²) < 4.78 is 10.7. The van der Waals surface area contributed by atoms with Crippen LogP contribution in [-0.2, 0) is 9.59 Å². The van der Waals surface area contributed by atoms with E-state index in [-0.39, 0.29) is 24.3 Å². The number of nitrogens with zero attached hydrogens (tertiary/aromatic N) is 2. The van der Waals surface area contributed by atoms with E-state index in [9.17, 15) is 9.59 Å². The standard InChI is InChI=1S/C23H27N3O4S/c1-5-30-18-11-9-16(10-12-18)24-21(27)14-20-22(28)26(23(31)25(20)15(2)3)17-7-6-8-19(13-17)29-4/h6-13,15,20H,5,14H2,1-4H3,(H,24,27)/t20-/m1/s1. The lowest BCUT2D eigenvalue weighted by atomic mass is 10.1. The molecule has 0 radical (unpaired) electrons. The quantitative estimate of drug-likeness (QED) is 0.628. The molecule has 2 aromatic rings. The molecular weight excluding hydrogens is 414 g/mol. The molecule has 1 atom stereocenters. The number of nitrogens with one attached hydrogen (secondary N) is 1. The Bertz CT molecular complexity index is 962. The number of carbonyl (C=O) groups is 2. The number of thiocarbonyl (C=S) groups is 1. The van der Waals surface area contributed by atoms with Crippen molar-refractivity contribution in [2.75, 3.05) is 23.9 Å². The number of hydrogen-bond acceptors (Lipinski definition) is 5. The highest BCUT2D eigenvalue weighted by atomic mass is 32.1. The maximum Gasteiger partial charge on any atom is 0.256 e. The van der Waals surface area contributed by atoms with Gasteiger partial charge in [-0.1, -0.05) is 6.07 Å². The second-order valence-corrected chi connectivity index (χ2v) is 7.75. The first-order chi connectivity index (χ1) is 14.8. The smallest absolute Gasteiger partial charge is 0.256 e. The zero-order valence-electron chi connectivity index (χ0n) is 18.1. The van der Waals surface area contributed by atoms with Crippen molar-refractivity contribution in [3.8, 4) is 11.5 Å². The Morgan fingerprint density at radius 1 is 1.16 bits per heavy atom. The van der Waals surface area contributed by atoms with Gasteiger partial charge in [-0.3, -0.25) is 14.5 Å². The van der Waals surface area contributed by atoms with Gasteiger partial charge in [0.2, 0.25) is 5.91 Å². The zero-order valence-corrected chi connectivity index (χ0v) is 18.9. The lowest BCUT2D eigenvalue weighted by Gasteiger charge is -2.27. The molecule has 0 aromatic heterocycles. The number of hydrogen-bond donors (Lipinski definition) is 1. The van der Waals surface area contributed by atoms with E-state index >= 15 is 0 Å². The second-order valence-electron chi connectivity index (χ2n) is 7.38. The molecule has 0 aliphatic carbocycles. The van der Waals surface area contributed by atoms with Gasteiger partial charge in [0, 0.05) is 17.8 Å². The minimum atomic E-state index is -0.679. The van der Waals surface area contributed by atoms with Crippen LogP contribution >= 0.6 is 12.2 Å². The molecule has 2 aromatic carbocycles. The third kappa shape index (κ3) is 4.96. The average Bonchev–Trinajstić information content (AvgIpc) is 2.99. The predicted octanol–water partition coefficient (Wildman–Crippen LogP) is 3.83. The van der Waals surface area contributed by atoms with E-state index in [1.807, 2.05) is 25.7 Å². The molecule has 1 aliphatic heterocycles. The van der Waals surface area contributed by atoms with Crippen LogP contribution < -0.4 is 19.7 Å². The van der Waals surface area contributed by atoms with Crippen LogP contribution in [0.15, 0.2) is 48.5 Å². The number of rotatable bonds is 8. The fourth-order valence-electron chi connectivity index (χ4n) is 3.55. The molecule has 0 bridgehead atoms. The molecule has 0 spiro atoms. The van der Waals surface area contributed by atoms with Gasteiger partial charge in [-0.2, -0.15) is 0 Å². The normalized spacial score (nSPS) is 16.1. The molecule has 1 N–H and O–H groups in total. The van der Waals surface area contributed by atoms with Crippen molar-refractivity contribution < 1.29 is 19.1 Å². The van der Waals surface area contributed by atoms with Gasteiger partial charge in [0.15, 0.2) is 5.11 Å². The third-order valence-corrected chi connectivity index (χ3v) is 5.34. The molecule has 1 heterocycles. The Morgan fingerprint density at radius 3 is 2.48 bits per heavy atom. The summed E-state index contributed by atoms with van der Waals surface area (Å²) in [5, 5.41) is 3.23. The number of ether oxygens (including phenoxy) is 2. The molecule has 1 saturated heterocycles. The summed E-state index contributed by atoms with van der Waals surface area (Å²) in [6.07, 6.45) is -0.00909. The first-order valence-electron chi connectivity index (χ1n) is 10.2. The van der Waals surface area contributed by atoms with Gasteiger partial charge in [-0.05, 0) is 69.4 Å². The minimum absolute atomic E-state index is 0.00909. The molecule has 7 nitrogen and oxygen atoms in total. The molecular formula is C23H27N3O4S. The largest absolute Gasteiger partial charge is 0.497 e. The van der Waals surface area contributed by atoms with Crippen molar-refractivity contribution >= 4 is 40.5 Å². The number of anilines is 2. The Morgan fingerprint density at radius 2 is 1.87 bits per heavy atom. The monoisotopic (exact) mass is 441 g/mol. The van der Waals surface area contributed by atoms with Crippen molar-refractivity contribution in [3.05, 3.63) is 48.5 Å². The highest BCUT2D eigenvalue weighted by Gasteiger charge is 2.45. The Labute approximate surface area is 187 Å². The maximum atomic E-state index is 13.3. The topological polar surface area (TPSA) is 71.1 Å². The lowest BCUT2D eigenvalue weighted by molar-refractivity contribution is -0.124. The summed E-state index contributed by atoms with van der Waals surface area (Å²) in [7, 11) is 1.57. The molecule has 164 valence electrons. The van der Waals surface area contributed by atoms with Crippen molar-refractivity contribution in [3.63, 3.8) is 0 Å². The predicted molar refractivity (Wildman–Crippen MR) is 125 cm³/mol. The molecule has 1 fully saturated rings. The van der Waals surface area contributed by atoms with E-state index in [2.05, 4.69) is 5.32 Å². The SMILES string of the molecule is CCOc1ccc(NC(=O)C[C@@H]2C(=O)N(c3cccc(OC)c3)C(=S)N2C(C)C)cc1. The minimum Gasteiger partial charge on any atom is -0.497 e. The summed E-state index contributed by atoms with van der Waals surface area (Å²) in [6.45, 7) is 6.39. The summed E-state index contributed by atoms with van der Waals surface area (Å²) >= 11 is 5.62. The number of carbonyl (C=O) groups excluding carboxylic acids is 2. The molecule has 2 amide bonds. The third-order valence-electron chi connectivity index (χ3n) is 4.95. The molecule has 31 heavy (non-hydrogen) atoms. The van der Waals surface area contributed by atoms with Crippen molar-refractivity contribution in [2.45, 2.75) is 39.3 Å². The highest BCUT2D eigenvalue weighted by molar-refractivity contribution is 7.80. The van der Waals surface area contributed by atoms with E-state index in [1.165, 1.54) is 4.90 Å². The molecule has 3 rings (SSSR count). The summed E-state index contributed by atoms with van der Waals surface area (Å²) in [5.41, 5.74) is 1.26. The highest BCUT2D eigenvalue weighted by Crippen LogP contribution is 2.31. The fourth-order valence-corrected chi connectivity index (χ4v) is 4.09. The maximum absolute atomic E-state index is 13.3. The summed E-state index contributed by atoms with van der Waals surface area (Å²) in [5.74, 6) is 0.870. The fraction of sp³-hybridized carbons (Fsp3) is 0.348. The van der Waals surface area contributed by atoms with Crippen LogP contribution in [-0.4, -0.2) is 47.6 Å². The van der Waals surface area contributed by atoms with Crippen molar-refractivity contribution in [1.29, 1.82) is 0 Å². The van der Waals surface area contributed by atoms with Gasteiger partial charge >= 0.3 is 0 Å². The zero-order chi connectivity index (χ0) is 22.5. The van der Waals surface area contributed by atoms with Crippen LogP contribution in [0.25, 0.3) is 0 Å². The van der Waals surface area contributed by atoms with Gasteiger partial charge in [0.05, 0.1) is 25.8 Å². The van der Waals surface area contributed by atoms with Crippen LogP contribution in [0.3, 0.4) is 0 Å². The summed E-state index contributed by atoms with van der Waals surface area (Å²) in [6, 6.07) is 13.6. The van der Waals surface area contributed by atoms with Gasteiger partial charge in [-0.25, -0.2) is 0 Å². The van der Waals surface area contributed by atoms with Crippen LogP contribution in [0.1, 0.15) is 27.2 Å². The van der Waals surface area contributed by atoms with E-state index in [4.69, 9.17) is 21.7 Å². The average molecular weight is 442 g/mol. The first kappa shape index (κ1) is 22.6. The lowest BCUT2D eigenvalue weighted by Crippen LogP contribution is -2.42. The van der Waals surface area contributed by atoms with Gasteiger partial charge in [0.1, 0.15) is 17.5 Å². The van der Waals surface area contributed by atoms with Crippen LogP contribution in [0.5, 0.6) is 11.5 Å². The van der Waals surface area contributed by atoms with E-state index in [0.717, 1.165) is 5.75 Å². The summed E-state index contributed by atoms with van der Waals surface area (Å²) in [4.78, 5) is 29.3. The Kier molecular flexibility index (Phi) is 7.12. The molecule has 8 heteroatoms. The van der Waals surface area contributed by atoms with E-state index in [1.54, 1.807) is 55.6 Å². The number of benzene rings is 2. The van der Waals surface area contributed by atoms with Crippen LogP contribution in [0, 0.1) is 0 Å². The van der Waals surface area contributed by atoms with Gasteiger partial charge in [0.25, 0.3) is 5.91 Å². The molecule has 1 aliphatic rings. The van der Waals surface area contributed by atoms with Crippen molar-refractivity contribution in [1.82, 2.24) is 4.90 Å². The van der Waals surface area contributed by atoms with E-state index < -0.39 is 6.04 Å². The second kappa shape index (κ2) is 9.78. The Balaban J connectivity index is 1.77. The van der Waals surface area contributed by atoms with Gasteiger partial charge in [-0.15, -0.1) is 0 Å². The first-order valence-corrected chi connectivity index (χ1v) is 10.6. The molecule has 0 saturated carbocycles. The van der Waals surface area contributed by atoms with E-state index in [0.29, 0.717) is 28.8 Å². The molecule has 0 unspecified atom stereocenters.